The molecule has 10 rings (SSSR count). The molecule has 3 aliphatic carbocycles. The molecular weight excluding hydrogens is 717 g/mol. The number of hydrogen-bond donors (Lipinski definition) is 0. The maximum absolute atomic E-state index is 2.58. The van der Waals surface area contributed by atoms with Crippen LogP contribution in [0.1, 0.15) is 48.1 Å². The van der Waals surface area contributed by atoms with E-state index in [1.807, 2.05) is 0 Å². The van der Waals surface area contributed by atoms with Gasteiger partial charge in [-0.1, -0.05) is 177 Å². The lowest BCUT2D eigenvalue weighted by Gasteiger charge is -2.39. The number of para-hydroxylation sites is 2. The van der Waals surface area contributed by atoms with E-state index in [-0.39, 0.29) is 11.6 Å². The fourth-order valence-electron chi connectivity index (χ4n) is 10.2. The summed E-state index contributed by atoms with van der Waals surface area (Å²) in [7, 11) is -1.52. The zero-order chi connectivity index (χ0) is 39.6. The molecule has 0 N–H and O–H groups in total. The molecule has 0 amide bonds. The molecule has 0 radical (unpaired) electrons. The summed E-state index contributed by atoms with van der Waals surface area (Å²) in [6, 6.07) is 58.9. The maximum Gasteiger partial charge on any atom is 0.0895 e. The quantitative estimate of drug-likeness (QED) is 0.112. The predicted molar refractivity (Wildman–Crippen MR) is 250 cm³/mol. The molecule has 0 spiro atoms. The second-order valence-electron chi connectivity index (χ2n) is 17.3. The summed E-state index contributed by atoms with van der Waals surface area (Å²) in [6.07, 6.45) is 15.4. The summed E-state index contributed by atoms with van der Waals surface area (Å²) in [5, 5.41) is 1.47. The van der Waals surface area contributed by atoms with Crippen molar-refractivity contribution in [3.05, 3.63) is 233 Å². The third-order valence-corrected chi connectivity index (χ3v) is 15.1. The van der Waals surface area contributed by atoms with E-state index in [2.05, 4.69) is 237 Å². The minimum atomic E-state index is -1.52. The van der Waals surface area contributed by atoms with E-state index in [1.165, 1.54) is 78.0 Å². The highest BCUT2D eigenvalue weighted by Crippen LogP contribution is 2.62. The highest BCUT2D eigenvalue weighted by atomic mass is 28.3. The minimum Gasteiger partial charge on any atom is -0.331 e. The highest BCUT2D eigenvalue weighted by molar-refractivity contribution is 6.88. The van der Waals surface area contributed by atoms with E-state index < -0.39 is 13.5 Å². The van der Waals surface area contributed by atoms with Gasteiger partial charge in [-0.15, -0.1) is 0 Å². The molecule has 1 saturated carbocycles. The zero-order valence-corrected chi connectivity index (χ0v) is 35.2. The number of nitrogens with zero attached hydrogens (tertiary/aromatic N) is 2. The fraction of sp³-hybridized carbons (Fsp3) is 0.164. The first-order valence-corrected chi connectivity index (χ1v) is 24.3. The highest BCUT2D eigenvalue weighted by Gasteiger charge is 2.57. The summed E-state index contributed by atoms with van der Waals surface area (Å²) < 4.78 is 0. The van der Waals surface area contributed by atoms with Gasteiger partial charge in [-0.25, -0.2) is 0 Å². The molecule has 0 saturated heterocycles. The summed E-state index contributed by atoms with van der Waals surface area (Å²) in [4.78, 5) is 5.16. The monoisotopic (exact) mass is 766 g/mol. The lowest BCUT2D eigenvalue weighted by molar-refractivity contribution is 0.759. The second-order valence-corrected chi connectivity index (χ2v) is 22.4. The number of fused-ring (bicyclic) bond motifs is 3. The van der Waals surface area contributed by atoms with Crippen LogP contribution in [-0.4, -0.2) is 19.7 Å². The van der Waals surface area contributed by atoms with Crippen molar-refractivity contribution in [1.82, 2.24) is 0 Å². The average Bonchev–Trinajstić information content (AvgIpc) is 3.92. The first-order chi connectivity index (χ1) is 28.3. The molecule has 2 atom stereocenters. The lowest BCUT2D eigenvalue weighted by atomic mass is 9.66. The smallest absolute Gasteiger partial charge is 0.0895 e. The van der Waals surface area contributed by atoms with Crippen molar-refractivity contribution in [3.63, 3.8) is 0 Å². The normalized spacial score (nSPS) is 20.6. The topological polar surface area (TPSA) is 6.48 Å². The van der Waals surface area contributed by atoms with Crippen LogP contribution in [0.3, 0.4) is 0 Å². The van der Waals surface area contributed by atoms with Crippen molar-refractivity contribution < 1.29 is 0 Å². The van der Waals surface area contributed by atoms with Gasteiger partial charge in [0.1, 0.15) is 0 Å². The summed E-state index contributed by atoms with van der Waals surface area (Å²) >= 11 is 0. The van der Waals surface area contributed by atoms with E-state index in [0.29, 0.717) is 0 Å². The van der Waals surface area contributed by atoms with E-state index >= 15 is 0 Å². The molecular formula is C55H50N2Si. The maximum atomic E-state index is 2.58. The van der Waals surface area contributed by atoms with Gasteiger partial charge >= 0.3 is 0 Å². The Hall–Kier alpha value is -6.16. The van der Waals surface area contributed by atoms with Gasteiger partial charge in [0.2, 0.25) is 0 Å². The Bertz CT molecular complexity index is 2660. The third kappa shape index (κ3) is 5.51. The molecule has 1 fully saturated rings. The average molecular weight is 767 g/mol. The van der Waals surface area contributed by atoms with Gasteiger partial charge in [0.25, 0.3) is 0 Å². The molecule has 6 aromatic carbocycles. The van der Waals surface area contributed by atoms with Crippen LogP contribution in [0, 0.1) is 0 Å². The van der Waals surface area contributed by atoms with Crippen LogP contribution in [0.4, 0.5) is 22.7 Å². The Morgan fingerprint density at radius 3 is 1.95 bits per heavy atom. The van der Waals surface area contributed by atoms with Crippen LogP contribution in [0.15, 0.2) is 205 Å². The van der Waals surface area contributed by atoms with Crippen LogP contribution in [0.5, 0.6) is 0 Å². The second kappa shape index (κ2) is 13.7. The van der Waals surface area contributed by atoms with Gasteiger partial charge in [0.05, 0.1) is 30.8 Å². The fourth-order valence-corrected chi connectivity index (χ4v) is 11.4. The van der Waals surface area contributed by atoms with Crippen molar-refractivity contribution in [2.75, 3.05) is 9.80 Å². The molecule has 2 nitrogen and oxygen atoms in total. The summed E-state index contributed by atoms with van der Waals surface area (Å²) in [6.45, 7) is 11.7. The van der Waals surface area contributed by atoms with Gasteiger partial charge in [0, 0.05) is 29.0 Å². The van der Waals surface area contributed by atoms with Crippen molar-refractivity contribution in [3.8, 4) is 0 Å². The van der Waals surface area contributed by atoms with E-state index in [4.69, 9.17) is 0 Å². The Morgan fingerprint density at radius 1 is 0.672 bits per heavy atom. The molecule has 284 valence electrons. The first kappa shape index (κ1) is 36.2. The molecule has 4 aliphatic rings. The van der Waals surface area contributed by atoms with Crippen LogP contribution in [-0.2, 0) is 5.41 Å². The number of benzene rings is 6. The molecule has 58 heavy (non-hydrogen) atoms. The van der Waals surface area contributed by atoms with Crippen LogP contribution in [0.25, 0.3) is 11.1 Å². The Morgan fingerprint density at radius 2 is 1.29 bits per heavy atom. The minimum absolute atomic E-state index is 0.0407. The van der Waals surface area contributed by atoms with Gasteiger partial charge < -0.3 is 9.80 Å². The van der Waals surface area contributed by atoms with Crippen molar-refractivity contribution in [2.24, 2.45) is 0 Å². The molecule has 1 aliphatic heterocycles. The zero-order valence-electron chi connectivity index (χ0n) is 34.2. The molecule has 2 bridgehead atoms. The number of anilines is 4. The van der Waals surface area contributed by atoms with Crippen LogP contribution < -0.4 is 15.0 Å². The largest absolute Gasteiger partial charge is 0.331 e. The number of hydrogen-bond acceptors (Lipinski definition) is 2. The standard InChI is InChI=1S/C55H50N2Si/c1-6-18-50-39(2)47-33-30-45(37-51(47)55(50,40-19-10-7-11-20-40)41-21-12-8-13-22-41)56(42-27-31-46(32-28-42)58(3,4)5)43-29-34-48-49-25-16-17-26-53(49)57(44-23-14-9-15-24-44)54(36-35-43)38-52(48)54/h6-37,43H,38H2,1-5H3/b18-6-,34-29-,36-35?. The molecule has 6 aromatic rings. The third-order valence-electron chi connectivity index (χ3n) is 13.0. The van der Waals surface area contributed by atoms with Gasteiger partial charge in [-0.3, -0.25) is 0 Å². The Kier molecular flexibility index (Phi) is 8.58. The number of allylic oxidation sites excluding steroid dienone is 6. The van der Waals surface area contributed by atoms with Crippen molar-refractivity contribution in [1.29, 1.82) is 0 Å². The molecule has 1 heterocycles. The first-order valence-electron chi connectivity index (χ1n) is 20.8. The predicted octanol–water partition coefficient (Wildman–Crippen LogP) is 13.3. The van der Waals surface area contributed by atoms with Crippen molar-refractivity contribution >= 4 is 47.2 Å². The lowest BCUT2D eigenvalue weighted by Crippen LogP contribution is -2.38. The van der Waals surface area contributed by atoms with E-state index in [0.717, 1.165) is 6.42 Å². The molecule has 2 unspecified atom stereocenters. The van der Waals surface area contributed by atoms with Crippen LogP contribution >= 0.6 is 0 Å². The molecule has 3 heteroatoms. The van der Waals surface area contributed by atoms with Crippen molar-refractivity contribution in [2.45, 2.75) is 56.9 Å². The van der Waals surface area contributed by atoms with Gasteiger partial charge in [-0.2, -0.15) is 0 Å². The Labute approximate surface area is 345 Å². The van der Waals surface area contributed by atoms with Gasteiger partial charge in [0.15, 0.2) is 0 Å². The summed E-state index contributed by atoms with van der Waals surface area (Å²) in [5.41, 5.74) is 16.2. The molecule has 0 aromatic heterocycles. The Balaban J connectivity index is 1.18. The van der Waals surface area contributed by atoms with E-state index in [1.54, 1.807) is 0 Å². The SMILES string of the molecule is C/C=C\C1=C(C)c2ccc(N(c3ccc([Si](C)(C)C)cc3)C3C=CC45CC4=C(/C=C\3)c3ccccc3N5c3ccccc3)cc2C1(c1ccccc1)c1ccccc1. The summed E-state index contributed by atoms with van der Waals surface area (Å²) in [5.74, 6) is 0. The number of rotatable bonds is 8. The van der Waals surface area contributed by atoms with Crippen LogP contribution in [0.2, 0.25) is 19.6 Å². The van der Waals surface area contributed by atoms with E-state index in [9.17, 15) is 0 Å². The van der Waals surface area contributed by atoms with Gasteiger partial charge in [-0.05, 0) is 101 Å².